The third-order valence-electron chi connectivity index (χ3n) is 15.1. The molecule has 3 atom stereocenters. The fraction of sp³-hybridized carbons (Fsp3) is 0.481. The second-order valence-electron chi connectivity index (χ2n) is 21.1. The summed E-state index contributed by atoms with van der Waals surface area (Å²) in [6.07, 6.45) is 7.50. The Labute approximate surface area is 457 Å². The van der Waals surface area contributed by atoms with Gasteiger partial charge in [0.25, 0.3) is 5.91 Å². The average Bonchev–Trinajstić information content (AvgIpc) is 4.26. The SMILES string of the molecule is CNC(C)C(=O)N[C@H](C(=O)N1CCCC1c1nc(C(=O)c2ccc(F)cc2)cs1)C1CCN(C(=O)c2cnc(N3CCN(CCCOc4cc5ncnc(Nc6n[nH]c(C)c6C)c5cc4S(=O)(=O)C(C)(C)C)CC3)nc2)CC1. The number of nitrogens with zero attached hydrogens (tertiary/aromatic N) is 10. The molecule has 3 fully saturated rings. The molecular weight excluding hydrogens is 1040 g/mol. The molecule has 2 aromatic carbocycles. The van der Waals surface area contributed by atoms with Crippen molar-refractivity contribution in [2.45, 2.75) is 101 Å². The molecule has 9 rings (SSSR count). The lowest BCUT2D eigenvalue weighted by Crippen LogP contribution is -2.57. The van der Waals surface area contributed by atoms with Gasteiger partial charge < -0.3 is 35.4 Å². The fourth-order valence-corrected chi connectivity index (χ4v) is 12.2. The Bertz CT molecular complexity index is 3260. The van der Waals surface area contributed by atoms with Crippen LogP contribution < -0.4 is 25.6 Å². The van der Waals surface area contributed by atoms with Crippen molar-refractivity contribution in [2.75, 3.05) is 76.2 Å². The fourth-order valence-electron chi connectivity index (χ4n) is 9.94. The van der Waals surface area contributed by atoms with E-state index in [-0.39, 0.29) is 58.4 Å². The molecule has 3 saturated heterocycles. The summed E-state index contributed by atoms with van der Waals surface area (Å²) in [5.74, 6) is 0.00116. The van der Waals surface area contributed by atoms with Crippen LogP contribution in [0.1, 0.15) is 109 Å². The molecule has 2 unspecified atom stereocenters. The van der Waals surface area contributed by atoms with Gasteiger partial charge in [-0.3, -0.25) is 29.2 Å². The summed E-state index contributed by atoms with van der Waals surface area (Å²) in [4.78, 5) is 85.6. The van der Waals surface area contributed by atoms with Crippen molar-refractivity contribution in [3.05, 3.63) is 99.4 Å². The number of ketones is 1. The molecule has 0 bridgehead atoms. The summed E-state index contributed by atoms with van der Waals surface area (Å²) < 4.78 is 46.7. The third-order valence-corrected chi connectivity index (χ3v) is 18.5. The first-order valence-electron chi connectivity index (χ1n) is 26.4. The van der Waals surface area contributed by atoms with Crippen LogP contribution in [0.2, 0.25) is 0 Å². The van der Waals surface area contributed by atoms with E-state index in [1.165, 1.54) is 41.9 Å². The van der Waals surface area contributed by atoms with Crippen molar-refractivity contribution >= 4 is 73.2 Å². The number of benzene rings is 2. The van der Waals surface area contributed by atoms with E-state index in [2.05, 4.69) is 60.9 Å². The summed E-state index contributed by atoms with van der Waals surface area (Å²) >= 11 is 1.30. The number of rotatable bonds is 18. The first-order chi connectivity index (χ1) is 37.3. The zero-order valence-electron chi connectivity index (χ0n) is 45.0. The Hall–Kier alpha value is -7.02. The summed E-state index contributed by atoms with van der Waals surface area (Å²) in [6, 6.07) is 6.78. The number of carbonyl (C=O) groups is 4. The number of thiazole rings is 1. The molecule has 4 N–H and O–H groups in total. The smallest absolute Gasteiger partial charge is 0.256 e. The van der Waals surface area contributed by atoms with Gasteiger partial charge in [-0.15, -0.1) is 11.3 Å². The van der Waals surface area contributed by atoms with Crippen LogP contribution in [0.4, 0.5) is 22.0 Å². The molecule has 414 valence electrons. The Kier molecular flexibility index (Phi) is 16.8. The van der Waals surface area contributed by atoms with Crippen LogP contribution in [0.25, 0.3) is 10.9 Å². The maximum atomic E-state index is 14.6. The topological polar surface area (TPSA) is 254 Å². The van der Waals surface area contributed by atoms with Crippen molar-refractivity contribution in [3.63, 3.8) is 0 Å². The highest BCUT2D eigenvalue weighted by atomic mass is 32.2. The molecular formula is C54H67FN14O7S2. The summed E-state index contributed by atoms with van der Waals surface area (Å²) in [7, 11) is -2.17. The first-order valence-corrected chi connectivity index (χ1v) is 28.7. The lowest BCUT2D eigenvalue weighted by Gasteiger charge is -2.38. The van der Waals surface area contributed by atoms with Gasteiger partial charge in [-0.1, -0.05) is 0 Å². The standard InChI is InChI=1S/C54H67FN14O7S2/c1-32-33(2)64-65-47(32)63-48-39-26-44(78(74,75)54(4,5)6)43(27-40(39)59-31-60-48)76-25-9-17-66-21-23-68(24-22-66)53-57-28-37(29-58-53)51(72)67-19-15-35(16-20-67)45(62-49(71)34(3)56-7)52(73)69-18-8-10-42(69)50-61-41(30-77-50)46(70)36-11-13-38(55)14-12-36/h11-14,26-31,34-35,42,45,56H,8-10,15-25H2,1-7H3,(H,62,71)(H2,59,60,63,64,65)/t34?,42?,45-/m0/s1. The molecule has 0 spiro atoms. The number of fused-ring (bicyclic) bond motifs is 1. The van der Waals surface area contributed by atoms with Gasteiger partial charge >= 0.3 is 0 Å². The lowest BCUT2D eigenvalue weighted by molar-refractivity contribution is -0.139. The molecule has 0 aliphatic carbocycles. The normalized spacial score (nSPS) is 17.5. The molecule has 7 heterocycles. The van der Waals surface area contributed by atoms with E-state index in [9.17, 15) is 32.0 Å². The van der Waals surface area contributed by atoms with E-state index < -0.39 is 32.5 Å². The second kappa shape index (κ2) is 23.5. The van der Waals surface area contributed by atoms with Crippen LogP contribution in [-0.4, -0.2) is 165 Å². The molecule has 4 aromatic heterocycles. The highest BCUT2D eigenvalue weighted by molar-refractivity contribution is 7.92. The number of piperidine rings is 1. The number of H-pyrrole nitrogens is 1. The summed E-state index contributed by atoms with van der Waals surface area (Å²) in [5.41, 5.74) is 3.24. The predicted octanol–water partition coefficient (Wildman–Crippen LogP) is 5.80. The number of halogens is 1. The number of hydrogen-bond donors (Lipinski definition) is 4. The Morgan fingerprint density at radius 1 is 0.910 bits per heavy atom. The largest absolute Gasteiger partial charge is 0.492 e. The second-order valence-corrected chi connectivity index (χ2v) is 24.7. The van der Waals surface area contributed by atoms with Gasteiger partial charge in [0.15, 0.2) is 15.7 Å². The van der Waals surface area contributed by atoms with E-state index in [0.717, 1.165) is 37.3 Å². The quantitative estimate of drug-likeness (QED) is 0.0586. The van der Waals surface area contributed by atoms with Gasteiger partial charge in [0.2, 0.25) is 23.5 Å². The summed E-state index contributed by atoms with van der Waals surface area (Å²) in [5, 5.41) is 19.3. The molecule has 24 heteroatoms. The number of piperazine rings is 1. The number of ether oxygens (including phenoxy) is 1. The van der Waals surface area contributed by atoms with Crippen LogP contribution in [-0.2, 0) is 19.4 Å². The molecule has 78 heavy (non-hydrogen) atoms. The third kappa shape index (κ3) is 12.0. The van der Waals surface area contributed by atoms with Crippen molar-refractivity contribution in [1.29, 1.82) is 0 Å². The zero-order valence-corrected chi connectivity index (χ0v) is 46.6. The van der Waals surface area contributed by atoms with E-state index >= 15 is 0 Å². The number of nitrogens with one attached hydrogen (secondary N) is 4. The highest BCUT2D eigenvalue weighted by Gasteiger charge is 2.42. The van der Waals surface area contributed by atoms with Crippen LogP contribution in [0.15, 0.2) is 65.4 Å². The number of sulfone groups is 1. The van der Waals surface area contributed by atoms with Crippen molar-refractivity contribution in [1.82, 2.24) is 60.5 Å². The molecule has 3 aliphatic heterocycles. The lowest BCUT2D eigenvalue weighted by atomic mass is 9.87. The van der Waals surface area contributed by atoms with Gasteiger partial charge in [0.05, 0.1) is 34.5 Å². The molecule has 21 nitrogen and oxygen atoms in total. The average molecular weight is 1110 g/mol. The van der Waals surface area contributed by atoms with Crippen LogP contribution in [0, 0.1) is 25.6 Å². The molecule has 0 radical (unpaired) electrons. The number of aryl methyl sites for hydroxylation is 1. The number of hydrogen-bond acceptors (Lipinski definition) is 18. The first kappa shape index (κ1) is 55.7. The van der Waals surface area contributed by atoms with Gasteiger partial charge in [-0.25, -0.2) is 37.7 Å². The summed E-state index contributed by atoms with van der Waals surface area (Å²) in [6.45, 7) is 15.6. The van der Waals surface area contributed by atoms with Crippen LogP contribution >= 0.6 is 11.3 Å². The molecule has 3 aliphatic rings. The van der Waals surface area contributed by atoms with Crippen molar-refractivity contribution < 1.29 is 36.7 Å². The van der Waals surface area contributed by atoms with E-state index in [1.807, 2.05) is 13.8 Å². The molecule has 0 saturated carbocycles. The van der Waals surface area contributed by atoms with E-state index in [4.69, 9.17) is 4.74 Å². The van der Waals surface area contributed by atoms with Gasteiger partial charge in [0, 0.05) is 98.4 Å². The number of likely N-dealkylation sites (N-methyl/N-ethyl adjacent to an activating group) is 1. The van der Waals surface area contributed by atoms with E-state index in [0.29, 0.717) is 103 Å². The molecule has 6 aromatic rings. The van der Waals surface area contributed by atoms with Gasteiger partial charge in [-0.05, 0) is 117 Å². The minimum absolute atomic E-state index is 0.0686. The number of anilines is 3. The predicted molar refractivity (Wildman–Crippen MR) is 293 cm³/mol. The minimum atomic E-state index is -3.84. The molecule has 3 amide bonds. The number of aromatic nitrogens is 7. The Morgan fingerprint density at radius 3 is 2.29 bits per heavy atom. The highest BCUT2D eigenvalue weighted by Crippen LogP contribution is 2.39. The van der Waals surface area contributed by atoms with Crippen LogP contribution in [0.5, 0.6) is 5.75 Å². The number of carbonyl (C=O) groups excluding carboxylic acids is 4. The number of amides is 3. The zero-order chi connectivity index (χ0) is 55.5. The van der Waals surface area contributed by atoms with E-state index in [1.54, 1.807) is 74.4 Å². The minimum Gasteiger partial charge on any atom is -0.492 e. The number of likely N-dealkylation sites (tertiary alicyclic amines) is 2. The van der Waals surface area contributed by atoms with Gasteiger partial charge in [-0.2, -0.15) is 5.10 Å². The van der Waals surface area contributed by atoms with Crippen LogP contribution in [0.3, 0.4) is 0 Å². The maximum absolute atomic E-state index is 14.6. The van der Waals surface area contributed by atoms with Crippen molar-refractivity contribution in [2.24, 2.45) is 5.92 Å². The number of aromatic amines is 1. The van der Waals surface area contributed by atoms with Crippen molar-refractivity contribution in [3.8, 4) is 5.75 Å². The monoisotopic (exact) mass is 1110 g/mol. The maximum Gasteiger partial charge on any atom is 0.256 e. The Balaban J connectivity index is 0.770. The Morgan fingerprint density at radius 2 is 1.63 bits per heavy atom. The van der Waals surface area contributed by atoms with Gasteiger partial charge in [0.1, 0.15) is 45.4 Å².